The molecule has 0 bridgehead atoms. The van der Waals surface area contributed by atoms with Crippen molar-refractivity contribution >= 4 is 23.1 Å². The zero-order valence-corrected chi connectivity index (χ0v) is 11.9. The Hall–Kier alpha value is -1.35. The monoisotopic (exact) mass is 276 g/mol. The van der Waals surface area contributed by atoms with Gasteiger partial charge in [-0.2, -0.15) is 5.10 Å². The molecule has 4 heteroatoms. The van der Waals surface area contributed by atoms with Crippen LogP contribution in [0, 0.1) is 11.3 Å². The summed E-state index contributed by atoms with van der Waals surface area (Å²) in [5, 5.41) is 5.07. The zero-order chi connectivity index (χ0) is 13.6. The average molecular weight is 277 g/mol. The molecule has 0 unspecified atom stereocenters. The Morgan fingerprint density at radius 1 is 1.42 bits per heavy atom. The molecule has 0 spiro atoms. The number of benzene rings is 1. The van der Waals surface area contributed by atoms with E-state index in [4.69, 9.17) is 11.6 Å². The SMILES string of the molecule is CC1(C)CC(=O)[C@@H]2C(c3cccc(Cl)c3)=NN[C@@H]2C1. The molecule has 0 radical (unpaired) electrons. The summed E-state index contributed by atoms with van der Waals surface area (Å²) in [4.78, 5) is 12.4. The van der Waals surface area contributed by atoms with E-state index in [1.807, 2.05) is 24.3 Å². The van der Waals surface area contributed by atoms with Crippen molar-refractivity contribution in [2.45, 2.75) is 32.7 Å². The highest BCUT2D eigenvalue weighted by atomic mass is 35.5. The van der Waals surface area contributed by atoms with Crippen LogP contribution >= 0.6 is 11.6 Å². The first kappa shape index (κ1) is 12.7. The number of carbonyl (C=O) groups is 1. The van der Waals surface area contributed by atoms with E-state index in [2.05, 4.69) is 24.4 Å². The number of Topliss-reactive ketones (excluding diaryl/α,β-unsaturated/α-hetero) is 1. The lowest BCUT2D eigenvalue weighted by Crippen LogP contribution is -2.45. The summed E-state index contributed by atoms with van der Waals surface area (Å²) >= 11 is 6.02. The van der Waals surface area contributed by atoms with Gasteiger partial charge in [0.05, 0.1) is 17.7 Å². The third kappa shape index (κ3) is 2.27. The maximum absolute atomic E-state index is 12.4. The number of carbonyl (C=O) groups excluding carboxylic acids is 1. The van der Waals surface area contributed by atoms with Crippen molar-refractivity contribution in [3.63, 3.8) is 0 Å². The van der Waals surface area contributed by atoms with E-state index in [-0.39, 0.29) is 23.2 Å². The molecule has 1 fully saturated rings. The molecular formula is C15H17ClN2O. The van der Waals surface area contributed by atoms with Crippen LogP contribution < -0.4 is 5.43 Å². The predicted octanol–water partition coefficient (Wildman–Crippen LogP) is 3.02. The molecule has 19 heavy (non-hydrogen) atoms. The van der Waals surface area contributed by atoms with E-state index in [9.17, 15) is 4.79 Å². The molecule has 1 aliphatic carbocycles. The molecule has 2 aliphatic rings. The molecule has 3 rings (SSSR count). The van der Waals surface area contributed by atoms with Crippen LogP contribution in [0.4, 0.5) is 0 Å². The largest absolute Gasteiger partial charge is 0.306 e. The lowest BCUT2D eigenvalue weighted by molar-refractivity contribution is -0.126. The number of halogens is 1. The smallest absolute Gasteiger partial charge is 0.144 e. The number of rotatable bonds is 1. The van der Waals surface area contributed by atoms with Crippen molar-refractivity contribution in [1.29, 1.82) is 0 Å². The van der Waals surface area contributed by atoms with Gasteiger partial charge in [0, 0.05) is 17.0 Å². The molecule has 1 aliphatic heterocycles. The lowest BCUT2D eigenvalue weighted by Gasteiger charge is -2.36. The number of fused-ring (bicyclic) bond motifs is 1. The molecule has 0 amide bonds. The average Bonchev–Trinajstić information content (AvgIpc) is 2.71. The Kier molecular flexibility index (Phi) is 2.90. The first-order chi connectivity index (χ1) is 8.96. The minimum atomic E-state index is -0.119. The first-order valence-corrected chi connectivity index (χ1v) is 6.96. The van der Waals surface area contributed by atoms with Crippen molar-refractivity contribution in [1.82, 2.24) is 5.43 Å². The van der Waals surface area contributed by atoms with E-state index in [1.165, 1.54) is 0 Å². The predicted molar refractivity (Wildman–Crippen MR) is 76.4 cm³/mol. The summed E-state index contributed by atoms with van der Waals surface area (Å²) in [7, 11) is 0. The quantitative estimate of drug-likeness (QED) is 0.857. The summed E-state index contributed by atoms with van der Waals surface area (Å²) in [6, 6.07) is 7.69. The van der Waals surface area contributed by atoms with Crippen molar-refractivity contribution in [2.24, 2.45) is 16.4 Å². The Labute approximate surface area is 118 Å². The highest BCUT2D eigenvalue weighted by molar-refractivity contribution is 6.31. The minimum absolute atomic E-state index is 0.0601. The molecule has 1 N–H and O–H groups in total. The molecule has 1 heterocycles. The van der Waals surface area contributed by atoms with Crippen LogP contribution in [-0.4, -0.2) is 17.5 Å². The fourth-order valence-corrected chi connectivity index (χ4v) is 3.36. The molecule has 1 aromatic rings. The van der Waals surface area contributed by atoms with Gasteiger partial charge in [0.2, 0.25) is 0 Å². The summed E-state index contributed by atoms with van der Waals surface area (Å²) in [6.07, 6.45) is 1.59. The third-order valence-corrected chi connectivity index (χ3v) is 4.18. The van der Waals surface area contributed by atoms with Crippen LogP contribution in [0.25, 0.3) is 0 Å². The number of hydrogen-bond donors (Lipinski definition) is 1. The van der Waals surface area contributed by atoms with Crippen molar-refractivity contribution in [3.8, 4) is 0 Å². The summed E-state index contributed by atoms with van der Waals surface area (Å²) in [6.45, 7) is 4.28. The summed E-state index contributed by atoms with van der Waals surface area (Å²) in [5.74, 6) is 0.163. The Morgan fingerprint density at radius 2 is 2.21 bits per heavy atom. The molecule has 0 saturated heterocycles. The van der Waals surface area contributed by atoms with Gasteiger partial charge in [-0.05, 0) is 24.0 Å². The van der Waals surface area contributed by atoms with Crippen molar-refractivity contribution in [2.75, 3.05) is 0 Å². The highest BCUT2D eigenvalue weighted by Gasteiger charge is 2.46. The normalized spacial score (nSPS) is 28.6. The van der Waals surface area contributed by atoms with Gasteiger partial charge in [-0.15, -0.1) is 0 Å². The summed E-state index contributed by atoms with van der Waals surface area (Å²) < 4.78 is 0. The van der Waals surface area contributed by atoms with E-state index in [1.54, 1.807) is 0 Å². The maximum Gasteiger partial charge on any atom is 0.144 e. The molecule has 1 saturated carbocycles. The topological polar surface area (TPSA) is 41.5 Å². The van der Waals surface area contributed by atoms with Crippen LogP contribution in [0.15, 0.2) is 29.4 Å². The van der Waals surface area contributed by atoms with Crippen LogP contribution in [0.2, 0.25) is 5.02 Å². The molecule has 0 aromatic heterocycles. The van der Waals surface area contributed by atoms with Crippen LogP contribution in [-0.2, 0) is 4.79 Å². The number of hydrogen-bond acceptors (Lipinski definition) is 3. The van der Waals surface area contributed by atoms with E-state index < -0.39 is 0 Å². The summed E-state index contributed by atoms with van der Waals surface area (Å²) in [5.41, 5.74) is 4.98. The van der Waals surface area contributed by atoms with E-state index >= 15 is 0 Å². The van der Waals surface area contributed by atoms with Gasteiger partial charge in [0.15, 0.2) is 0 Å². The van der Waals surface area contributed by atoms with Crippen molar-refractivity contribution in [3.05, 3.63) is 34.9 Å². The van der Waals surface area contributed by atoms with Gasteiger partial charge in [-0.1, -0.05) is 37.6 Å². The molecule has 1 aromatic carbocycles. The van der Waals surface area contributed by atoms with Gasteiger partial charge >= 0.3 is 0 Å². The first-order valence-electron chi connectivity index (χ1n) is 6.58. The second-order valence-corrected chi connectivity index (χ2v) is 6.67. The number of nitrogens with one attached hydrogen (secondary N) is 1. The lowest BCUT2D eigenvalue weighted by atomic mass is 9.68. The minimum Gasteiger partial charge on any atom is -0.306 e. The van der Waals surface area contributed by atoms with E-state index in [0.29, 0.717) is 11.4 Å². The van der Waals surface area contributed by atoms with E-state index in [0.717, 1.165) is 17.7 Å². The number of nitrogens with zero attached hydrogens (tertiary/aromatic N) is 1. The molecular weight excluding hydrogens is 260 g/mol. The second-order valence-electron chi connectivity index (χ2n) is 6.23. The highest BCUT2D eigenvalue weighted by Crippen LogP contribution is 2.39. The standard InChI is InChI=1S/C15H17ClN2O/c1-15(2)7-11-13(12(19)8-15)14(18-17-11)9-4-3-5-10(16)6-9/h3-6,11,13,17H,7-8H2,1-2H3/t11-,13-/m1/s1. The Morgan fingerprint density at radius 3 is 2.95 bits per heavy atom. The fraction of sp³-hybridized carbons (Fsp3) is 0.467. The molecule has 100 valence electrons. The Balaban J connectivity index is 1.93. The van der Waals surface area contributed by atoms with Crippen LogP contribution in [0.5, 0.6) is 0 Å². The van der Waals surface area contributed by atoms with Gasteiger partial charge in [0.1, 0.15) is 5.78 Å². The van der Waals surface area contributed by atoms with Gasteiger partial charge in [0.25, 0.3) is 0 Å². The van der Waals surface area contributed by atoms with Crippen molar-refractivity contribution < 1.29 is 4.79 Å². The van der Waals surface area contributed by atoms with Gasteiger partial charge < -0.3 is 5.43 Å². The number of hydrazone groups is 1. The maximum atomic E-state index is 12.4. The third-order valence-electron chi connectivity index (χ3n) is 3.94. The fourth-order valence-electron chi connectivity index (χ4n) is 3.17. The molecule has 3 nitrogen and oxygen atoms in total. The zero-order valence-electron chi connectivity index (χ0n) is 11.1. The number of ketones is 1. The molecule has 2 atom stereocenters. The van der Waals surface area contributed by atoms with Crippen LogP contribution in [0.1, 0.15) is 32.3 Å². The van der Waals surface area contributed by atoms with Crippen LogP contribution in [0.3, 0.4) is 0 Å². The second kappa shape index (κ2) is 4.34. The van der Waals surface area contributed by atoms with Gasteiger partial charge in [-0.25, -0.2) is 0 Å². The Bertz CT molecular complexity index is 565. The van der Waals surface area contributed by atoms with Gasteiger partial charge in [-0.3, -0.25) is 4.79 Å².